The van der Waals surface area contributed by atoms with Crippen LogP contribution in [0, 0.1) is 11.3 Å². The molecule has 1 aliphatic heterocycles. The number of benzene rings is 2. The molecule has 1 aromatic heterocycles. The van der Waals surface area contributed by atoms with E-state index in [0.717, 1.165) is 34.7 Å². The second-order valence-corrected chi connectivity index (χ2v) is 7.79. The Kier molecular flexibility index (Phi) is 6.48. The van der Waals surface area contributed by atoms with E-state index in [2.05, 4.69) is 24.0 Å². The van der Waals surface area contributed by atoms with Gasteiger partial charge >= 0.3 is 5.97 Å². The van der Waals surface area contributed by atoms with Gasteiger partial charge in [0, 0.05) is 30.5 Å². The summed E-state index contributed by atoms with van der Waals surface area (Å²) in [6.45, 7) is 4.64. The van der Waals surface area contributed by atoms with Crippen LogP contribution in [0.2, 0.25) is 0 Å². The Hall–Kier alpha value is -3.69. The van der Waals surface area contributed by atoms with Crippen molar-refractivity contribution < 1.29 is 14.6 Å². The summed E-state index contributed by atoms with van der Waals surface area (Å²) < 4.78 is 5.77. The Morgan fingerprint density at radius 2 is 2.09 bits per heavy atom. The van der Waals surface area contributed by atoms with Gasteiger partial charge in [-0.1, -0.05) is 37.3 Å². The van der Waals surface area contributed by atoms with E-state index in [1.807, 2.05) is 48.5 Å². The minimum absolute atomic E-state index is 0.337. The number of aromatic nitrogens is 1. The molecule has 0 spiro atoms. The lowest BCUT2D eigenvalue weighted by molar-refractivity contribution is 0.0696. The van der Waals surface area contributed by atoms with Gasteiger partial charge in [-0.2, -0.15) is 5.26 Å². The summed E-state index contributed by atoms with van der Waals surface area (Å²) in [5, 5.41) is 19.4. The number of para-hydroxylation sites is 1. The fourth-order valence-electron chi connectivity index (χ4n) is 4.08. The van der Waals surface area contributed by atoms with Gasteiger partial charge in [-0.25, -0.2) is 9.78 Å². The van der Waals surface area contributed by atoms with Crippen LogP contribution in [0.5, 0.6) is 5.75 Å². The van der Waals surface area contributed by atoms with Gasteiger partial charge in [0.2, 0.25) is 0 Å². The highest BCUT2D eigenvalue weighted by molar-refractivity contribution is 6.06. The topological polar surface area (TPSA) is 86.5 Å². The predicted molar refractivity (Wildman–Crippen MR) is 124 cm³/mol. The number of likely N-dealkylation sites (N-methyl/N-ethyl adjacent to an activating group) is 1. The molecule has 0 saturated heterocycles. The van der Waals surface area contributed by atoms with Crippen molar-refractivity contribution in [2.75, 3.05) is 19.7 Å². The minimum Gasteiger partial charge on any atom is -0.494 e. The quantitative estimate of drug-likeness (QED) is 0.535. The van der Waals surface area contributed by atoms with Gasteiger partial charge in [0.15, 0.2) is 0 Å². The molecule has 0 fully saturated rings. The molecule has 0 amide bonds. The molecule has 162 valence electrons. The number of nitrogens with zero attached hydrogens (tertiary/aromatic N) is 3. The van der Waals surface area contributed by atoms with E-state index in [9.17, 15) is 9.90 Å². The number of carboxylic acids is 1. The van der Waals surface area contributed by atoms with Crippen molar-refractivity contribution in [3.05, 3.63) is 70.9 Å². The Morgan fingerprint density at radius 3 is 2.88 bits per heavy atom. The first-order chi connectivity index (χ1) is 15.6. The van der Waals surface area contributed by atoms with E-state index in [1.54, 1.807) is 0 Å². The van der Waals surface area contributed by atoms with Gasteiger partial charge in [0.25, 0.3) is 0 Å². The second kappa shape index (κ2) is 9.63. The molecule has 0 aliphatic carbocycles. The molecular weight excluding hydrogens is 402 g/mol. The predicted octanol–water partition coefficient (Wildman–Crippen LogP) is 4.99. The number of carboxylic acid groups (broad SMARTS) is 1. The van der Waals surface area contributed by atoms with Gasteiger partial charge < -0.3 is 9.84 Å². The monoisotopic (exact) mass is 427 g/mol. The lowest BCUT2D eigenvalue weighted by Crippen LogP contribution is -2.31. The molecule has 6 nitrogen and oxygen atoms in total. The standard InChI is InChI=1S/C26H25N3O3/c1-2-29-16-19(14-18-8-7-9-20(15-18)32-13-6-5-12-27)25-22(17-29)24(26(30)31)21-10-3-4-11-23(21)28-25/h3-4,7-11,14-15H,2,5-6,13,16-17H2,1H3,(H,30,31)/b19-14-. The summed E-state index contributed by atoms with van der Waals surface area (Å²) in [6.07, 6.45) is 3.23. The molecule has 2 aromatic carbocycles. The van der Waals surface area contributed by atoms with Gasteiger partial charge in [-0.15, -0.1) is 0 Å². The molecule has 32 heavy (non-hydrogen) atoms. The highest BCUT2D eigenvalue weighted by atomic mass is 16.5. The molecule has 1 aliphatic rings. The van der Waals surface area contributed by atoms with Crippen molar-refractivity contribution >= 4 is 28.5 Å². The molecule has 0 atom stereocenters. The van der Waals surface area contributed by atoms with Crippen molar-refractivity contribution in [3.63, 3.8) is 0 Å². The SMILES string of the molecule is CCN1C/C(=C/c2cccc(OCCCC#N)c2)c2nc3ccccc3c(C(=O)O)c2C1. The maximum absolute atomic E-state index is 12.2. The summed E-state index contributed by atoms with van der Waals surface area (Å²) >= 11 is 0. The number of ether oxygens (including phenoxy) is 1. The van der Waals surface area contributed by atoms with Crippen LogP contribution in [-0.4, -0.2) is 40.7 Å². The summed E-state index contributed by atoms with van der Waals surface area (Å²) in [6, 6.07) is 17.3. The van der Waals surface area contributed by atoms with Crippen LogP contribution in [0.1, 0.15) is 46.9 Å². The van der Waals surface area contributed by atoms with E-state index < -0.39 is 5.97 Å². The fourth-order valence-corrected chi connectivity index (χ4v) is 4.08. The Balaban J connectivity index is 1.77. The Labute approximate surface area is 187 Å². The zero-order chi connectivity index (χ0) is 22.5. The number of hydrogen-bond donors (Lipinski definition) is 1. The number of hydrogen-bond acceptors (Lipinski definition) is 5. The fraction of sp³-hybridized carbons (Fsp3) is 0.269. The zero-order valence-corrected chi connectivity index (χ0v) is 18.0. The first-order valence-electron chi connectivity index (χ1n) is 10.8. The molecule has 1 N–H and O–H groups in total. The molecule has 0 radical (unpaired) electrons. The first kappa shape index (κ1) is 21.5. The number of unbranched alkanes of at least 4 members (excludes halogenated alkanes) is 1. The van der Waals surface area contributed by atoms with Crippen LogP contribution in [0.25, 0.3) is 22.6 Å². The number of aromatic carboxylic acids is 1. The zero-order valence-electron chi connectivity index (χ0n) is 18.0. The molecule has 0 saturated carbocycles. The van der Waals surface area contributed by atoms with Gasteiger partial charge in [-0.3, -0.25) is 4.90 Å². The summed E-state index contributed by atoms with van der Waals surface area (Å²) in [4.78, 5) is 19.3. The lowest BCUT2D eigenvalue weighted by Gasteiger charge is -2.30. The second-order valence-electron chi connectivity index (χ2n) is 7.79. The van der Waals surface area contributed by atoms with Crippen LogP contribution in [0.3, 0.4) is 0 Å². The minimum atomic E-state index is -0.926. The Bertz CT molecular complexity index is 1230. The third-order valence-electron chi connectivity index (χ3n) is 5.63. The average Bonchev–Trinajstić information content (AvgIpc) is 2.80. The smallest absolute Gasteiger partial charge is 0.336 e. The summed E-state index contributed by atoms with van der Waals surface area (Å²) in [5.74, 6) is -0.178. The molecule has 3 aromatic rings. The molecule has 0 unspecified atom stereocenters. The molecule has 0 bridgehead atoms. The van der Waals surface area contributed by atoms with Gasteiger partial charge in [0.05, 0.1) is 29.5 Å². The third-order valence-corrected chi connectivity index (χ3v) is 5.63. The first-order valence-corrected chi connectivity index (χ1v) is 10.8. The molecule has 6 heteroatoms. The summed E-state index contributed by atoms with van der Waals surface area (Å²) in [7, 11) is 0. The van der Waals surface area contributed by atoms with E-state index >= 15 is 0 Å². The van der Waals surface area contributed by atoms with Crippen LogP contribution in [0.15, 0.2) is 48.5 Å². The number of rotatable bonds is 7. The van der Waals surface area contributed by atoms with E-state index in [4.69, 9.17) is 15.0 Å². The van der Waals surface area contributed by atoms with Crippen molar-refractivity contribution in [2.24, 2.45) is 0 Å². The number of carbonyl (C=O) groups is 1. The molecular formula is C26H25N3O3. The van der Waals surface area contributed by atoms with Crippen LogP contribution >= 0.6 is 0 Å². The van der Waals surface area contributed by atoms with Crippen molar-refractivity contribution in [3.8, 4) is 11.8 Å². The largest absolute Gasteiger partial charge is 0.494 e. The van der Waals surface area contributed by atoms with E-state index in [-0.39, 0.29) is 0 Å². The number of fused-ring (bicyclic) bond motifs is 2. The number of nitriles is 1. The van der Waals surface area contributed by atoms with Crippen LogP contribution in [-0.2, 0) is 6.54 Å². The number of pyridine rings is 1. The molecule has 2 heterocycles. The average molecular weight is 428 g/mol. The van der Waals surface area contributed by atoms with Crippen molar-refractivity contribution in [1.82, 2.24) is 9.88 Å². The highest BCUT2D eigenvalue weighted by Gasteiger charge is 2.27. The normalized spacial score (nSPS) is 14.8. The van der Waals surface area contributed by atoms with E-state index in [0.29, 0.717) is 49.0 Å². The highest BCUT2D eigenvalue weighted by Crippen LogP contribution is 2.34. The van der Waals surface area contributed by atoms with E-state index in [1.165, 1.54) is 0 Å². The third kappa shape index (κ3) is 4.48. The summed E-state index contributed by atoms with van der Waals surface area (Å²) in [5.41, 5.74) is 4.50. The lowest BCUT2D eigenvalue weighted by atomic mass is 9.92. The van der Waals surface area contributed by atoms with Crippen LogP contribution in [0.4, 0.5) is 0 Å². The van der Waals surface area contributed by atoms with Gasteiger partial charge in [-0.05, 0) is 48.4 Å². The molecule has 4 rings (SSSR count). The van der Waals surface area contributed by atoms with Crippen molar-refractivity contribution in [2.45, 2.75) is 26.3 Å². The maximum Gasteiger partial charge on any atom is 0.336 e. The van der Waals surface area contributed by atoms with Crippen molar-refractivity contribution in [1.29, 1.82) is 5.26 Å². The maximum atomic E-state index is 12.2. The van der Waals surface area contributed by atoms with Gasteiger partial charge in [0.1, 0.15) is 5.75 Å². The Morgan fingerprint density at radius 1 is 1.25 bits per heavy atom. The van der Waals surface area contributed by atoms with Crippen LogP contribution < -0.4 is 4.74 Å².